The van der Waals surface area contributed by atoms with Gasteiger partial charge in [0.1, 0.15) is 11.6 Å². The van der Waals surface area contributed by atoms with Gasteiger partial charge in [-0.25, -0.2) is 4.39 Å². The van der Waals surface area contributed by atoms with Crippen LogP contribution in [0.2, 0.25) is 5.02 Å². The highest BCUT2D eigenvalue weighted by atomic mass is 35.5. The van der Waals surface area contributed by atoms with Crippen molar-refractivity contribution in [3.05, 3.63) is 56.8 Å². The second-order valence-corrected chi connectivity index (χ2v) is 3.85. The predicted molar refractivity (Wildman–Crippen MR) is 60.7 cm³/mol. The molecule has 0 radical (unpaired) electrons. The highest BCUT2D eigenvalue weighted by molar-refractivity contribution is 6.30. The number of aromatic amines is 1. The Kier molecular flexibility index (Phi) is 3.10. The van der Waals surface area contributed by atoms with E-state index in [0.29, 0.717) is 5.56 Å². The molecule has 2 N–H and O–H groups in total. The molecule has 6 heteroatoms. The maximum absolute atomic E-state index is 13.6. The lowest BCUT2D eigenvalue weighted by Crippen LogP contribution is -2.10. The Labute approximate surface area is 101 Å². The van der Waals surface area contributed by atoms with E-state index < -0.39 is 17.3 Å². The molecule has 0 aliphatic carbocycles. The molecule has 0 aliphatic rings. The van der Waals surface area contributed by atoms with Crippen LogP contribution < -0.4 is 5.56 Å². The maximum atomic E-state index is 13.6. The van der Waals surface area contributed by atoms with Crippen LogP contribution in [0.15, 0.2) is 29.1 Å². The topological polar surface area (TPSA) is 66.0 Å². The minimum atomic E-state index is -0.555. The first-order valence-corrected chi connectivity index (χ1v) is 5.16. The van der Waals surface area contributed by atoms with Gasteiger partial charge in [-0.05, 0) is 11.6 Å². The number of benzene rings is 1. The van der Waals surface area contributed by atoms with Crippen LogP contribution in [0, 0.1) is 5.82 Å². The minimum absolute atomic E-state index is 0.00463. The Morgan fingerprint density at radius 1 is 1.47 bits per heavy atom. The van der Waals surface area contributed by atoms with Crippen molar-refractivity contribution in [2.75, 3.05) is 0 Å². The highest BCUT2D eigenvalue weighted by Crippen LogP contribution is 2.19. The molecule has 1 heterocycles. The van der Waals surface area contributed by atoms with Crippen molar-refractivity contribution in [2.45, 2.75) is 6.42 Å². The Balaban J connectivity index is 2.38. The quantitative estimate of drug-likeness (QED) is 0.860. The number of aromatic hydroxyl groups is 1. The maximum Gasteiger partial charge on any atom is 0.254 e. The van der Waals surface area contributed by atoms with Gasteiger partial charge in [0.15, 0.2) is 0 Å². The van der Waals surface area contributed by atoms with Crippen LogP contribution in [0.1, 0.15) is 11.4 Å². The van der Waals surface area contributed by atoms with Crippen molar-refractivity contribution in [3.63, 3.8) is 0 Å². The average Bonchev–Trinajstić information content (AvgIpc) is 2.23. The van der Waals surface area contributed by atoms with Gasteiger partial charge >= 0.3 is 0 Å². The van der Waals surface area contributed by atoms with Gasteiger partial charge in [0.25, 0.3) is 5.56 Å². The van der Waals surface area contributed by atoms with Gasteiger partial charge in [-0.1, -0.05) is 23.7 Å². The van der Waals surface area contributed by atoms with Crippen molar-refractivity contribution < 1.29 is 9.50 Å². The summed E-state index contributed by atoms with van der Waals surface area (Å²) in [5, 5.41) is 9.15. The Morgan fingerprint density at radius 3 is 2.94 bits per heavy atom. The highest BCUT2D eigenvalue weighted by Gasteiger charge is 2.09. The van der Waals surface area contributed by atoms with Crippen LogP contribution >= 0.6 is 11.6 Å². The van der Waals surface area contributed by atoms with Gasteiger partial charge in [-0.15, -0.1) is 0 Å². The molecule has 0 unspecified atom stereocenters. The van der Waals surface area contributed by atoms with E-state index in [0.717, 1.165) is 6.07 Å². The SMILES string of the molecule is O=c1cc(O)nc(Cc2cccc(Cl)c2F)[nH]1. The average molecular weight is 255 g/mol. The fraction of sp³-hybridized carbons (Fsp3) is 0.0909. The van der Waals surface area contributed by atoms with Crippen molar-refractivity contribution in [1.29, 1.82) is 0 Å². The van der Waals surface area contributed by atoms with E-state index in [1.165, 1.54) is 12.1 Å². The number of H-pyrrole nitrogens is 1. The van der Waals surface area contributed by atoms with Crippen LogP contribution in [0.3, 0.4) is 0 Å². The third-order valence-electron chi connectivity index (χ3n) is 2.17. The van der Waals surface area contributed by atoms with Gasteiger partial charge in [0.05, 0.1) is 11.1 Å². The Bertz CT molecular complexity index is 613. The molecule has 2 aromatic rings. The Morgan fingerprint density at radius 2 is 2.24 bits per heavy atom. The van der Waals surface area contributed by atoms with Crippen LogP contribution in [0.5, 0.6) is 5.88 Å². The largest absolute Gasteiger partial charge is 0.493 e. The number of nitrogens with zero attached hydrogens (tertiary/aromatic N) is 1. The molecule has 0 saturated heterocycles. The molecule has 0 atom stereocenters. The van der Waals surface area contributed by atoms with E-state index in [4.69, 9.17) is 16.7 Å². The zero-order valence-electron chi connectivity index (χ0n) is 8.58. The number of halogens is 2. The number of hydrogen-bond acceptors (Lipinski definition) is 3. The van der Waals surface area contributed by atoms with E-state index in [-0.39, 0.29) is 17.3 Å². The van der Waals surface area contributed by atoms with Gasteiger partial charge in [-0.3, -0.25) is 4.79 Å². The summed E-state index contributed by atoms with van der Waals surface area (Å²) in [4.78, 5) is 17.2. The standard InChI is InChI=1S/C11H8ClFN2O2/c12-7-3-1-2-6(11(7)13)4-8-14-9(16)5-10(17)15-8/h1-3,5H,4H2,(H2,14,15,16,17). The molecule has 0 aliphatic heterocycles. The van der Waals surface area contributed by atoms with Crippen LogP contribution in [0.25, 0.3) is 0 Å². The summed E-state index contributed by atoms with van der Waals surface area (Å²) in [6.45, 7) is 0. The molecule has 88 valence electrons. The van der Waals surface area contributed by atoms with Crippen molar-refractivity contribution in [2.24, 2.45) is 0 Å². The molecule has 0 saturated carbocycles. The molecular formula is C11H8ClFN2O2. The molecule has 1 aromatic heterocycles. The zero-order valence-corrected chi connectivity index (χ0v) is 9.33. The molecular weight excluding hydrogens is 247 g/mol. The summed E-state index contributed by atoms with van der Waals surface area (Å²) < 4.78 is 13.6. The summed E-state index contributed by atoms with van der Waals surface area (Å²) in [5.74, 6) is -0.775. The minimum Gasteiger partial charge on any atom is -0.493 e. The summed E-state index contributed by atoms with van der Waals surface area (Å²) >= 11 is 5.63. The monoisotopic (exact) mass is 254 g/mol. The van der Waals surface area contributed by atoms with Gasteiger partial charge in [0, 0.05) is 6.42 Å². The van der Waals surface area contributed by atoms with Gasteiger partial charge in [0.2, 0.25) is 5.88 Å². The Hall–Kier alpha value is -1.88. The van der Waals surface area contributed by atoms with E-state index in [1.807, 2.05) is 0 Å². The lowest BCUT2D eigenvalue weighted by atomic mass is 10.1. The zero-order chi connectivity index (χ0) is 12.4. The second-order valence-electron chi connectivity index (χ2n) is 3.44. The van der Waals surface area contributed by atoms with Crippen molar-refractivity contribution in [3.8, 4) is 5.88 Å². The molecule has 0 bridgehead atoms. The van der Waals surface area contributed by atoms with E-state index in [2.05, 4.69) is 9.97 Å². The summed E-state index contributed by atoms with van der Waals surface area (Å²) in [6, 6.07) is 5.50. The van der Waals surface area contributed by atoms with Crippen LogP contribution in [-0.4, -0.2) is 15.1 Å². The fourth-order valence-electron chi connectivity index (χ4n) is 1.44. The summed E-state index contributed by atoms with van der Waals surface area (Å²) in [7, 11) is 0. The number of rotatable bonds is 2. The normalized spacial score (nSPS) is 10.5. The summed E-state index contributed by atoms with van der Waals surface area (Å²) in [6.07, 6.45) is 0.0516. The lowest BCUT2D eigenvalue weighted by molar-refractivity contribution is 0.448. The first-order valence-electron chi connectivity index (χ1n) is 4.78. The molecule has 0 spiro atoms. The van der Waals surface area contributed by atoms with Gasteiger partial charge < -0.3 is 10.1 Å². The third kappa shape index (κ3) is 2.62. The first kappa shape index (κ1) is 11.6. The molecule has 0 fully saturated rings. The molecule has 17 heavy (non-hydrogen) atoms. The van der Waals surface area contributed by atoms with Crippen LogP contribution in [0.4, 0.5) is 4.39 Å². The second kappa shape index (κ2) is 4.55. The molecule has 2 rings (SSSR count). The van der Waals surface area contributed by atoms with Crippen molar-refractivity contribution in [1.82, 2.24) is 9.97 Å². The molecule has 1 aromatic carbocycles. The van der Waals surface area contributed by atoms with E-state index in [1.54, 1.807) is 6.07 Å². The smallest absolute Gasteiger partial charge is 0.254 e. The molecule has 0 amide bonds. The number of nitrogens with one attached hydrogen (secondary N) is 1. The van der Waals surface area contributed by atoms with Gasteiger partial charge in [-0.2, -0.15) is 4.98 Å². The lowest BCUT2D eigenvalue weighted by Gasteiger charge is -2.04. The van der Waals surface area contributed by atoms with Crippen molar-refractivity contribution >= 4 is 11.6 Å². The number of aromatic nitrogens is 2. The number of hydrogen-bond donors (Lipinski definition) is 2. The summed E-state index contributed by atoms with van der Waals surface area (Å²) in [5.41, 5.74) is -0.193. The van der Waals surface area contributed by atoms with E-state index in [9.17, 15) is 9.18 Å². The third-order valence-corrected chi connectivity index (χ3v) is 2.46. The predicted octanol–water partition coefficient (Wildman–Crippen LogP) is 1.86. The van der Waals surface area contributed by atoms with Crippen LogP contribution in [-0.2, 0) is 6.42 Å². The molecule has 4 nitrogen and oxygen atoms in total. The van der Waals surface area contributed by atoms with E-state index >= 15 is 0 Å². The fourth-order valence-corrected chi connectivity index (χ4v) is 1.64. The first-order chi connectivity index (χ1) is 8.06.